The molecule has 0 radical (unpaired) electrons. The van der Waals surface area contributed by atoms with Gasteiger partial charge in [-0.15, -0.1) is 0 Å². The van der Waals surface area contributed by atoms with Gasteiger partial charge < -0.3 is 10.8 Å². The average molecular weight is 230 g/mol. The first-order valence-corrected chi connectivity index (χ1v) is 5.44. The normalized spacial score (nSPS) is 15.3. The Bertz CT molecular complexity index is 271. The molecular formula is C11H22N2O3. The van der Waals surface area contributed by atoms with Gasteiger partial charge in [-0.1, -0.05) is 20.3 Å². The quantitative estimate of drug-likeness (QED) is 0.770. The van der Waals surface area contributed by atoms with E-state index in [4.69, 9.17) is 5.73 Å². The van der Waals surface area contributed by atoms with Gasteiger partial charge in [-0.05, 0) is 26.7 Å². The third-order valence-electron chi connectivity index (χ3n) is 2.68. The maximum Gasteiger partial charge on any atom is 0.408 e. The number of nitrogens with zero attached hydrogens (tertiary/aromatic N) is 1. The van der Waals surface area contributed by atoms with E-state index < -0.39 is 23.6 Å². The van der Waals surface area contributed by atoms with Gasteiger partial charge in [0, 0.05) is 5.54 Å². The highest BCUT2D eigenvalue weighted by molar-refractivity contribution is 5.84. The third-order valence-corrected chi connectivity index (χ3v) is 2.68. The maximum atomic E-state index is 11.4. The highest BCUT2D eigenvalue weighted by atomic mass is 16.4. The van der Waals surface area contributed by atoms with Gasteiger partial charge in [-0.25, -0.2) is 4.79 Å². The molecule has 0 bridgehead atoms. The van der Waals surface area contributed by atoms with Gasteiger partial charge in [-0.2, -0.15) is 0 Å². The van der Waals surface area contributed by atoms with Crippen LogP contribution in [0.5, 0.6) is 0 Å². The summed E-state index contributed by atoms with van der Waals surface area (Å²) in [4.78, 5) is 23.8. The van der Waals surface area contributed by atoms with Crippen molar-refractivity contribution in [2.24, 2.45) is 11.7 Å². The van der Waals surface area contributed by atoms with E-state index in [0.717, 1.165) is 4.90 Å². The number of carbonyl (C=O) groups excluding carboxylic acids is 1. The molecule has 0 saturated heterocycles. The first-order valence-electron chi connectivity index (χ1n) is 5.44. The zero-order valence-corrected chi connectivity index (χ0v) is 10.7. The average Bonchev–Trinajstić information content (AvgIpc) is 2.09. The highest BCUT2D eigenvalue weighted by Crippen LogP contribution is 2.23. The number of carboxylic acid groups (broad SMARTS) is 1. The molecule has 94 valence electrons. The van der Waals surface area contributed by atoms with Crippen molar-refractivity contribution >= 4 is 12.0 Å². The van der Waals surface area contributed by atoms with E-state index in [2.05, 4.69) is 0 Å². The lowest BCUT2D eigenvalue weighted by molar-refractivity contribution is -0.126. The molecule has 1 unspecified atom stereocenters. The fourth-order valence-corrected chi connectivity index (χ4v) is 1.71. The van der Waals surface area contributed by atoms with Crippen LogP contribution >= 0.6 is 0 Å². The lowest BCUT2D eigenvalue weighted by Gasteiger charge is -2.40. The lowest BCUT2D eigenvalue weighted by Crippen LogP contribution is -2.58. The second-order valence-corrected chi connectivity index (χ2v) is 5.06. The van der Waals surface area contributed by atoms with Crippen molar-refractivity contribution in [1.29, 1.82) is 0 Å². The second-order valence-electron chi connectivity index (χ2n) is 5.06. The van der Waals surface area contributed by atoms with Crippen LogP contribution in [0, 0.1) is 5.92 Å². The molecule has 0 heterocycles. The van der Waals surface area contributed by atoms with Crippen LogP contribution in [0.1, 0.15) is 41.0 Å². The number of primary amides is 1. The van der Waals surface area contributed by atoms with Crippen LogP contribution in [-0.4, -0.2) is 33.6 Å². The first kappa shape index (κ1) is 14.7. The monoisotopic (exact) mass is 230 g/mol. The molecule has 5 nitrogen and oxygen atoms in total. The molecule has 3 N–H and O–H groups in total. The van der Waals surface area contributed by atoms with Crippen LogP contribution in [0.25, 0.3) is 0 Å². The minimum atomic E-state index is -1.11. The van der Waals surface area contributed by atoms with E-state index in [-0.39, 0.29) is 5.92 Å². The Morgan fingerprint density at radius 2 is 1.81 bits per heavy atom. The summed E-state index contributed by atoms with van der Waals surface area (Å²) < 4.78 is 0. The Balaban J connectivity index is 5.28. The Labute approximate surface area is 96.6 Å². The van der Waals surface area contributed by atoms with E-state index in [9.17, 15) is 14.7 Å². The molecule has 0 aromatic heterocycles. The van der Waals surface area contributed by atoms with Crippen LogP contribution in [0.4, 0.5) is 4.79 Å². The Kier molecular flexibility index (Phi) is 4.78. The number of nitrogens with two attached hydrogens (primary N) is 1. The van der Waals surface area contributed by atoms with E-state index >= 15 is 0 Å². The van der Waals surface area contributed by atoms with Crippen LogP contribution < -0.4 is 5.73 Å². The summed E-state index contributed by atoms with van der Waals surface area (Å²) >= 11 is 0. The minimum Gasteiger partial charge on any atom is -0.465 e. The molecule has 2 atom stereocenters. The lowest BCUT2D eigenvalue weighted by atomic mass is 9.93. The summed E-state index contributed by atoms with van der Waals surface area (Å²) in [5, 5.41) is 9.19. The standard InChI is InChI=1S/C11H22N2O3/c1-6-7(2)8(9(12)14)13(10(15)16)11(3,4)5/h7-8H,6H2,1-5H3,(H2,12,14)(H,15,16)/t7-,8?/m0/s1. The van der Waals surface area contributed by atoms with E-state index in [0.29, 0.717) is 6.42 Å². The van der Waals surface area contributed by atoms with Gasteiger partial charge in [0.15, 0.2) is 0 Å². The highest BCUT2D eigenvalue weighted by Gasteiger charge is 2.38. The molecule has 0 fully saturated rings. The number of amides is 2. The Hall–Kier alpha value is -1.26. The van der Waals surface area contributed by atoms with E-state index in [1.54, 1.807) is 20.8 Å². The van der Waals surface area contributed by atoms with Gasteiger partial charge in [0.05, 0.1) is 0 Å². The number of rotatable bonds is 4. The second kappa shape index (κ2) is 5.18. The van der Waals surface area contributed by atoms with Crippen LogP contribution in [-0.2, 0) is 4.79 Å². The summed E-state index contributed by atoms with van der Waals surface area (Å²) in [6, 6.07) is -0.775. The SMILES string of the molecule is CC[C@H](C)C(C(N)=O)N(C(=O)O)C(C)(C)C. The largest absolute Gasteiger partial charge is 0.465 e. The van der Waals surface area contributed by atoms with Crippen LogP contribution in [0.15, 0.2) is 0 Å². The summed E-state index contributed by atoms with van der Waals surface area (Å²) in [7, 11) is 0. The topological polar surface area (TPSA) is 83.6 Å². The molecule has 5 heteroatoms. The van der Waals surface area contributed by atoms with E-state index in [1.807, 2.05) is 13.8 Å². The van der Waals surface area contributed by atoms with E-state index in [1.165, 1.54) is 0 Å². The summed E-state index contributed by atoms with van der Waals surface area (Å²) in [6.07, 6.45) is -0.412. The molecule has 0 aliphatic carbocycles. The van der Waals surface area contributed by atoms with Crippen LogP contribution in [0.3, 0.4) is 0 Å². The van der Waals surface area contributed by atoms with Crippen molar-refractivity contribution < 1.29 is 14.7 Å². The molecular weight excluding hydrogens is 208 g/mol. The zero-order chi connectivity index (χ0) is 13.1. The molecule has 0 aromatic carbocycles. The van der Waals surface area contributed by atoms with Crippen LogP contribution in [0.2, 0.25) is 0 Å². The number of hydrogen-bond acceptors (Lipinski definition) is 2. The van der Waals surface area contributed by atoms with Gasteiger partial charge in [0.1, 0.15) is 6.04 Å². The molecule has 0 aliphatic rings. The molecule has 0 aliphatic heterocycles. The summed E-state index contributed by atoms with van der Waals surface area (Å²) in [5.41, 5.74) is 4.66. The fourth-order valence-electron chi connectivity index (χ4n) is 1.71. The van der Waals surface area contributed by atoms with Gasteiger partial charge in [0.2, 0.25) is 5.91 Å². The van der Waals surface area contributed by atoms with Crippen molar-refractivity contribution in [2.45, 2.75) is 52.6 Å². The van der Waals surface area contributed by atoms with Gasteiger partial charge in [0.25, 0.3) is 0 Å². The van der Waals surface area contributed by atoms with Crippen molar-refractivity contribution in [3.8, 4) is 0 Å². The van der Waals surface area contributed by atoms with Gasteiger partial charge >= 0.3 is 6.09 Å². The summed E-state index contributed by atoms with van der Waals surface area (Å²) in [5.74, 6) is -0.681. The number of hydrogen-bond donors (Lipinski definition) is 2. The maximum absolute atomic E-state index is 11.4. The third kappa shape index (κ3) is 3.40. The number of carbonyl (C=O) groups is 2. The fraction of sp³-hybridized carbons (Fsp3) is 0.818. The molecule has 0 saturated carbocycles. The molecule has 2 amide bonds. The Morgan fingerprint density at radius 3 is 2.00 bits per heavy atom. The predicted molar refractivity (Wildman–Crippen MR) is 62.1 cm³/mol. The Morgan fingerprint density at radius 1 is 1.38 bits per heavy atom. The molecule has 0 aromatic rings. The van der Waals surface area contributed by atoms with Crippen molar-refractivity contribution in [1.82, 2.24) is 4.90 Å². The minimum absolute atomic E-state index is 0.0900. The van der Waals surface area contributed by atoms with Gasteiger partial charge in [-0.3, -0.25) is 9.69 Å². The smallest absolute Gasteiger partial charge is 0.408 e. The van der Waals surface area contributed by atoms with Crippen molar-refractivity contribution in [2.75, 3.05) is 0 Å². The summed E-state index contributed by atoms with van der Waals surface area (Å²) in [6.45, 7) is 8.98. The van der Waals surface area contributed by atoms with Crippen molar-refractivity contribution in [3.05, 3.63) is 0 Å². The van der Waals surface area contributed by atoms with Crippen molar-refractivity contribution in [3.63, 3.8) is 0 Å². The molecule has 0 spiro atoms. The predicted octanol–water partition coefficient (Wildman–Crippen LogP) is 1.66. The molecule has 0 rings (SSSR count). The first-order chi connectivity index (χ1) is 7.12. The zero-order valence-electron chi connectivity index (χ0n) is 10.7. The molecule has 16 heavy (non-hydrogen) atoms.